The van der Waals surface area contributed by atoms with Gasteiger partial charge in [-0.25, -0.2) is 0 Å². The van der Waals surface area contributed by atoms with Crippen molar-refractivity contribution >= 4 is 5.91 Å². The summed E-state index contributed by atoms with van der Waals surface area (Å²) in [6, 6.07) is 6.12. The highest BCUT2D eigenvalue weighted by molar-refractivity contribution is 5.81. The van der Waals surface area contributed by atoms with E-state index in [-0.39, 0.29) is 11.9 Å². The van der Waals surface area contributed by atoms with Gasteiger partial charge in [0.05, 0.1) is 0 Å². The van der Waals surface area contributed by atoms with Gasteiger partial charge in [0.2, 0.25) is 0 Å². The van der Waals surface area contributed by atoms with E-state index in [2.05, 4.69) is 6.07 Å². The number of carbonyl (C=O) groups excluding carboxylic acids is 1. The van der Waals surface area contributed by atoms with Gasteiger partial charge in [0.25, 0.3) is 5.91 Å². The smallest absolute Gasteiger partial charge is 0.263 e. The molecule has 0 bridgehead atoms. The van der Waals surface area contributed by atoms with E-state index in [0.717, 1.165) is 50.9 Å². The van der Waals surface area contributed by atoms with E-state index in [0.29, 0.717) is 0 Å². The Hall–Kier alpha value is -1.55. The lowest BCUT2D eigenvalue weighted by molar-refractivity contribution is -0.136. The quantitative estimate of drug-likeness (QED) is 0.929. The molecule has 1 aromatic rings. The monoisotopic (exact) mass is 288 g/mol. The standard InChI is InChI=1S/C17H24N2O2/c1-12(17(20)19-10-2-3-11-19)21-16-9-5-6-13-14(16)7-4-8-15(13)18/h5-6,9,12,15H,2-4,7-8,10-11,18H2,1H3. The van der Waals surface area contributed by atoms with Crippen LogP contribution in [0, 0.1) is 0 Å². The molecule has 4 nitrogen and oxygen atoms in total. The molecular formula is C17H24N2O2. The zero-order valence-corrected chi connectivity index (χ0v) is 12.7. The molecular weight excluding hydrogens is 264 g/mol. The van der Waals surface area contributed by atoms with Crippen LogP contribution >= 0.6 is 0 Å². The third kappa shape index (κ3) is 2.91. The molecule has 0 radical (unpaired) electrons. The SMILES string of the molecule is CC(Oc1cccc2c1CCCC2N)C(=O)N1CCCC1. The van der Waals surface area contributed by atoms with Gasteiger partial charge in [-0.3, -0.25) is 4.79 Å². The largest absolute Gasteiger partial charge is 0.481 e. The van der Waals surface area contributed by atoms with Gasteiger partial charge in [-0.1, -0.05) is 12.1 Å². The first-order valence-electron chi connectivity index (χ1n) is 7.99. The number of nitrogens with zero attached hydrogens (tertiary/aromatic N) is 1. The zero-order chi connectivity index (χ0) is 14.8. The minimum absolute atomic E-state index is 0.0990. The van der Waals surface area contributed by atoms with Gasteiger partial charge in [0, 0.05) is 19.1 Å². The molecule has 1 heterocycles. The summed E-state index contributed by atoms with van der Waals surface area (Å²) in [6.07, 6.45) is 4.89. The average Bonchev–Trinajstić information content (AvgIpc) is 3.02. The Morgan fingerprint density at radius 1 is 1.33 bits per heavy atom. The molecule has 1 saturated heterocycles. The van der Waals surface area contributed by atoms with Crippen molar-refractivity contribution in [2.75, 3.05) is 13.1 Å². The van der Waals surface area contributed by atoms with Crippen LogP contribution in [0.2, 0.25) is 0 Å². The summed E-state index contributed by atoms with van der Waals surface area (Å²) in [5.74, 6) is 0.938. The summed E-state index contributed by atoms with van der Waals surface area (Å²) < 4.78 is 5.99. The number of likely N-dealkylation sites (tertiary alicyclic amines) is 1. The summed E-state index contributed by atoms with van der Waals surface area (Å²) in [7, 11) is 0. The molecule has 0 spiro atoms. The highest BCUT2D eigenvalue weighted by Gasteiger charge is 2.26. The van der Waals surface area contributed by atoms with Crippen LogP contribution in [0.4, 0.5) is 0 Å². The number of benzene rings is 1. The lowest BCUT2D eigenvalue weighted by atomic mass is 9.87. The highest BCUT2D eigenvalue weighted by atomic mass is 16.5. The second kappa shape index (κ2) is 6.06. The van der Waals surface area contributed by atoms with Gasteiger partial charge in [-0.15, -0.1) is 0 Å². The third-order valence-electron chi connectivity index (χ3n) is 4.58. The van der Waals surface area contributed by atoms with Crippen LogP contribution in [0.1, 0.15) is 49.8 Å². The van der Waals surface area contributed by atoms with Crippen LogP contribution in [-0.2, 0) is 11.2 Å². The Kier molecular flexibility index (Phi) is 4.15. The predicted molar refractivity (Wildman–Crippen MR) is 82.2 cm³/mol. The van der Waals surface area contributed by atoms with Gasteiger partial charge in [0.15, 0.2) is 6.10 Å². The van der Waals surface area contributed by atoms with Crippen LogP contribution in [0.5, 0.6) is 5.75 Å². The van der Waals surface area contributed by atoms with Crippen LogP contribution in [0.25, 0.3) is 0 Å². The maximum Gasteiger partial charge on any atom is 0.263 e. The number of hydrogen-bond acceptors (Lipinski definition) is 3. The maximum atomic E-state index is 12.4. The van der Waals surface area contributed by atoms with Crippen molar-refractivity contribution in [3.8, 4) is 5.75 Å². The Morgan fingerprint density at radius 2 is 2.10 bits per heavy atom. The fourth-order valence-corrected chi connectivity index (χ4v) is 3.40. The predicted octanol–water partition coefficient (Wildman–Crippen LogP) is 2.41. The zero-order valence-electron chi connectivity index (χ0n) is 12.7. The van der Waals surface area contributed by atoms with E-state index in [4.69, 9.17) is 10.5 Å². The fraction of sp³-hybridized carbons (Fsp3) is 0.588. The number of fused-ring (bicyclic) bond motifs is 1. The molecule has 2 atom stereocenters. The van der Waals surface area contributed by atoms with Crippen molar-refractivity contribution < 1.29 is 9.53 Å². The van der Waals surface area contributed by atoms with Gasteiger partial charge in [-0.05, 0) is 56.2 Å². The molecule has 1 aromatic carbocycles. The Morgan fingerprint density at radius 3 is 2.86 bits per heavy atom. The van der Waals surface area contributed by atoms with Crippen molar-refractivity contribution in [3.05, 3.63) is 29.3 Å². The average molecular weight is 288 g/mol. The minimum atomic E-state index is -0.423. The maximum absolute atomic E-state index is 12.4. The van der Waals surface area contributed by atoms with Crippen LogP contribution in [0.3, 0.4) is 0 Å². The summed E-state index contributed by atoms with van der Waals surface area (Å²) in [4.78, 5) is 14.3. The second-order valence-corrected chi connectivity index (χ2v) is 6.12. The first kappa shape index (κ1) is 14.4. The van der Waals surface area contributed by atoms with E-state index in [9.17, 15) is 4.79 Å². The molecule has 1 aliphatic heterocycles. The normalized spacial score (nSPS) is 22.8. The van der Waals surface area contributed by atoms with E-state index >= 15 is 0 Å². The van der Waals surface area contributed by atoms with E-state index in [1.807, 2.05) is 24.0 Å². The summed E-state index contributed by atoms with van der Waals surface area (Å²) in [5, 5.41) is 0. The van der Waals surface area contributed by atoms with Crippen molar-refractivity contribution in [1.29, 1.82) is 0 Å². The minimum Gasteiger partial charge on any atom is -0.481 e. The Labute approximate surface area is 126 Å². The first-order valence-corrected chi connectivity index (χ1v) is 7.99. The van der Waals surface area contributed by atoms with Crippen LogP contribution in [-0.4, -0.2) is 30.0 Å². The molecule has 114 valence electrons. The molecule has 4 heteroatoms. The number of rotatable bonds is 3. The van der Waals surface area contributed by atoms with Crippen LogP contribution < -0.4 is 10.5 Å². The Bertz CT molecular complexity index is 524. The fourth-order valence-electron chi connectivity index (χ4n) is 3.40. The molecule has 0 saturated carbocycles. The lowest BCUT2D eigenvalue weighted by Gasteiger charge is -2.27. The number of carbonyl (C=O) groups is 1. The topological polar surface area (TPSA) is 55.6 Å². The number of amides is 1. The molecule has 2 N–H and O–H groups in total. The molecule has 2 aliphatic rings. The molecule has 1 aliphatic carbocycles. The van der Waals surface area contributed by atoms with E-state index < -0.39 is 6.10 Å². The van der Waals surface area contributed by atoms with Crippen molar-refractivity contribution in [2.45, 2.75) is 51.2 Å². The van der Waals surface area contributed by atoms with Crippen LogP contribution in [0.15, 0.2) is 18.2 Å². The molecule has 21 heavy (non-hydrogen) atoms. The van der Waals surface area contributed by atoms with Crippen molar-refractivity contribution in [2.24, 2.45) is 5.73 Å². The molecule has 1 fully saturated rings. The van der Waals surface area contributed by atoms with Gasteiger partial charge in [0.1, 0.15) is 5.75 Å². The molecule has 1 amide bonds. The molecule has 2 unspecified atom stereocenters. The number of nitrogens with two attached hydrogens (primary N) is 1. The molecule has 0 aromatic heterocycles. The van der Waals surface area contributed by atoms with Gasteiger partial charge >= 0.3 is 0 Å². The van der Waals surface area contributed by atoms with Crippen molar-refractivity contribution in [1.82, 2.24) is 4.90 Å². The Balaban J connectivity index is 1.75. The second-order valence-electron chi connectivity index (χ2n) is 6.12. The first-order chi connectivity index (χ1) is 10.2. The summed E-state index contributed by atoms with van der Waals surface area (Å²) in [6.45, 7) is 3.58. The molecule has 3 rings (SSSR count). The summed E-state index contributed by atoms with van der Waals surface area (Å²) >= 11 is 0. The van der Waals surface area contributed by atoms with Gasteiger partial charge < -0.3 is 15.4 Å². The number of hydrogen-bond donors (Lipinski definition) is 1. The van der Waals surface area contributed by atoms with E-state index in [1.165, 1.54) is 11.1 Å². The van der Waals surface area contributed by atoms with Gasteiger partial charge in [-0.2, -0.15) is 0 Å². The van der Waals surface area contributed by atoms with Crippen molar-refractivity contribution in [3.63, 3.8) is 0 Å². The third-order valence-corrected chi connectivity index (χ3v) is 4.58. The summed E-state index contributed by atoms with van der Waals surface area (Å²) in [5.41, 5.74) is 8.55. The number of ether oxygens (including phenoxy) is 1. The van der Waals surface area contributed by atoms with E-state index in [1.54, 1.807) is 0 Å². The highest BCUT2D eigenvalue weighted by Crippen LogP contribution is 2.34. The lowest BCUT2D eigenvalue weighted by Crippen LogP contribution is -2.38.